The summed E-state index contributed by atoms with van der Waals surface area (Å²) in [5.41, 5.74) is 0. The lowest BCUT2D eigenvalue weighted by Crippen LogP contribution is -2.59. The van der Waals surface area contributed by atoms with Crippen molar-refractivity contribution in [2.75, 3.05) is 19.8 Å². The Bertz CT molecular complexity index is 585. The van der Waals surface area contributed by atoms with Gasteiger partial charge in [-0.3, -0.25) is 9.59 Å². The van der Waals surface area contributed by atoms with Gasteiger partial charge in [-0.1, -0.05) is 71.6 Å². The van der Waals surface area contributed by atoms with Crippen LogP contribution in [0.25, 0.3) is 0 Å². The molecular weight excluding hydrogens is 472 g/mol. The van der Waals surface area contributed by atoms with Gasteiger partial charge in [-0.25, -0.2) is 0 Å². The molecule has 1 heterocycles. The van der Waals surface area contributed by atoms with Gasteiger partial charge in [0.05, 0.1) is 13.2 Å². The third-order valence-electron chi connectivity index (χ3n) is 6.24. The Labute approximate surface area is 215 Å². The molecule has 4 N–H and O–H groups in total. The Balaban J connectivity index is 2.49. The highest BCUT2D eigenvalue weighted by Crippen LogP contribution is 2.22. The van der Waals surface area contributed by atoms with Crippen LogP contribution < -0.4 is 0 Å². The number of esters is 2. The van der Waals surface area contributed by atoms with E-state index in [9.17, 15) is 30.0 Å². The molecule has 10 nitrogen and oxygen atoms in total. The molecule has 1 aliphatic heterocycles. The maximum absolute atomic E-state index is 12.4. The number of aliphatic hydroxyl groups is 4. The minimum Gasteiger partial charge on any atom is -0.462 e. The first kappa shape index (κ1) is 32.7. The molecule has 1 aliphatic rings. The second kappa shape index (κ2) is 19.8. The third-order valence-corrected chi connectivity index (χ3v) is 6.24. The summed E-state index contributed by atoms with van der Waals surface area (Å²) in [5.74, 6) is -0.852. The van der Waals surface area contributed by atoms with Gasteiger partial charge in [-0.05, 0) is 12.8 Å². The van der Waals surface area contributed by atoms with Crippen molar-refractivity contribution in [1.82, 2.24) is 0 Å². The Morgan fingerprint density at radius 3 is 1.94 bits per heavy atom. The first-order chi connectivity index (χ1) is 17.3. The molecule has 1 rings (SSSR count). The van der Waals surface area contributed by atoms with E-state index in [1.54, 1.807) is 0 Å². The van der Waals surface area contributed by atoms with Gasteiger partial charge in [0.1, 0.15) is 31.0 Å². The quantitative estimate of drug-likeness (QED) is 0.139. The number of aliphatic hydroxyl groups excluding tert-OH is 4. The molecule has 0 spiro atoms. The van der Waals surface area contributed by atoms with Crippen molar-refractivity contribution < 1.29 is 49.0 Å². The molecule has 0 aromatic rings. The SMILES string of the molecule is CCCCCCCCCCCC(=O)OC(COC(=O)CCCC)COC1OC(CO)C(O)C(O)C1O. The number of rotatable bonds is 20. The third kappa shape index (κ3) is 13.3. The van der Waals surface area contributed by atoms with E-state index >= 15 is 0 Å². The van der Waals surface area contributed by atoms with Crippen LogP contribution in [0.2, 0.25) is 0 Å². The molecule has 36 heavy (non-hydrogen) atoms. The molecule has 1 fully saturated rings. The summed E-state index contributed by atoms with van der Waals surface area (Å²) < 4.78 is 21.5. The molecular formula is C26H48O10. The molecule has 0 aromatic heterocycles. The highest BCUT2D eigenvalue weighted by Gasteiger charge is 2.44. The van der Waals surface area contributed by atoms with Crippen molar-refractivity contribution in [1.29, 1.82) is 0 Å². The van der Waals surface area contributed by atoms with Crippen molar-refractivity contribution in [2.24, 2.45) is 0 Å². The summed E-state index contributed by atoms with van der Waals surface area (Å²) in [6.07, 6.45) is 4.03. The summed E-state index contributed by atoms with van der Waals surface area (Å²) in [6, 6.07) is 0. The van der Waals surface area contributed by atoms with Gasteiger partial charge in [0.2, 0.25) is 0 Å². The van der Waals surface area contributed by atoms with Crippen LogP contribution in [0.3, 0.4) is 0 Å². The van der Waals surface area contributed by atoms with E-state index in [4.69, 9.17) is 18.9 Å². The summed E-state index contributed by atoms with van der Waals surface area (Å²) in [6.45, 7) is 3.08. The smallest absolute Gasteiger partial charge is 0.306 e. The van der Waals surface area contributed by atoms with Gasteiger partial charge in [0, 0.05) is 12.8 Å². The average molecular weight is 521 g/mol. The van der Waals surface area contributed by atoms with Crippen molar-refractivity contribution >= 4 is 11.9 Å². The molecule has 6 unspecified atom stereocenters. The standard InChI is InChI=1S/C26H48O10/c1-3-5-7-8-9-10-11-12-13-15-22(29)35-19(17-33-21(28)14-6-4-2)18-34-26-25(32)24(31)23(30)20(16-27)36-26/h19-20,23-27,30-32H,3-18H2,1-2H3. The van der Waals surface area contributed by atoms with E-state index in [1.165, 1.54) is 32.1 Å². The number of carbonyl (C=O) groups is 2. The van der Waals surface area contributed by atoms with Gasteiger partial charge in [0.15, 0.2) is 12.4 Å². The Morgan fingerprint density at radius 1 is 0.750 bits per heavy atom. The Morgan fingerprint density at radius 2 is 1.33 bits per heavy atom. The first-order valence-corrected chi connectivity index (χ1v) is 13.6. The topological polar surface area (TPSA) is 152 Å². The van der Waals surface area contributed by atoms with Crippen molar-refractivity contribution in [3.8, 4) is 0 Å². The maximum atomic E-state index is 12.4. The van der Waals surface area contributed by atoms with Crippen molar-refractivity contribution in [3.05, 3.63) is 0 Å². The lowest BCUT2D eigenvalue weighted by Gasteiger charge is -2.39. The summed E-state index contributed by atoms with van der Waals surface area (Å²) >= 11 is 0. The van der Waals surface area contributed by atoms with Crippen molar-refractivity contribution in [2.45, 2.75) is 134 Å². The van der Waals surface area contributed by atoms with Crippen LogP contribution in [-0.2, 0) is 28.5 Å². The van der Waals surface area contributed by atoms with E-state index in [2.05, 4.69) is 6.92 Å². The molecule has 1 saturated heterocycles. The van der Waals surface area contributed by atoms with Crippen LogP contribution in [0.1, 0.15) is 97.3 Å². The van der Waals surface area contributed by atoms with Gasteiger partial charge < -0.3 is 39.4 Å². The molecule has 6 atom stereocenters. The molecule has 0 saturated carbocycles. The van der Waals surface area contributed by atoms with E-state index in [0.29, 0.717) is 12.8 Å². The van der Waals surface area contributed by atoms with Gasteiger partial charge in [0.25, 0.3) is 0 Å². The molecule has 0 bridgehead atoms. The van der Waals surface area contributed by atoms with Crippen molar-refractivity contribution in [3.63, 3.8) is 0 Å². The number of ether oxygens (including phenoxy) is 4. The zero-order valence-electron chi connectivity index (χ0n) is 22.0. The van der Waals surface area contributed by atoms with Gasteiger partial charge in [-0.15, -0.1) is 0 Å². The van der Waals surface area contributed by atoms with Gasteiger partial charge in [-0.2, -0.15) is 0 Å². The maximum Gasteiger partial charge on any atom is 0.306 e. The molecule has 0 radical (unpaired) electrons. The largest absolute Gasteiger partial charge is 0.462 e. The molecule has 212 valence electrons. The number of hydrogen-bond donors (Lipinski definition) is 4. The van der Waals surface area contributed by atoms with E-state index in [-0.39, 0.29) is 26.1 Å². The summed E-state index contributed by atoms with van der Waals surface area (Å²) in [7, 11) is 0. The minimum absolute atomic E-state index is 0.219. The van der Waals surface area contributed by atoms with Crippen LogP contribution in [0.5, 0.6) is 0 Å². The average Bonchev–Trinajstić information content (AvgIpc) is 2.87. The minimum atomic E-state index is -1.58. The van der Waals surface area contributed by atoms with Crippen LogP contribution in [0, 0.1) is 0 Å². The van der Waals surface area contributed by atoms with Gasteiger partial charge >= 0.3 is 11.9 Å². The van der Waals surface area contributed by atoms with E-state index < -0.39 is 55.4 Å². The first-order valence-electron chi connectivity index (χ1n) is 13.6. The molecule has 10 heteroatoms. The summed E-state index contributed by atoms with van der Waals surface area (Å²) in [4.78, 5) is 24.3. The van der Waals surface area contributed by atoms with Crippen LogP contribution in [0.4, 0.5) is 0 Å². The number of hydrogen-bond acceptors (Lipinski definition) is 10. The molecule has 0 amide bonds. The second-order valence-electron chi connectivity index (χ2n) is 9.51. The monoisotopic (exact) mass is 520 g/mol. The lowest BCUT2D eigenvalue weighted by atomic mass is 9.99. The Hall–Kier alpha value is -1.30. The van der Waals surface area contributed by atoms with E-state index in [0.717, 1.165) is 25.7 Å². The zero-order valence-corrected chi connectivity index (χ0v) is 22.0. The number of unbranched alkanes of at least 4 members (excludes halogenated alkanes) is 9. The fourth-order valence-corrected chi connectivity index (χ4v) is 3.93. The zero-order chi connectivity index (χ0) is 26.8. The molecule has 0 aliphatic carbocycles. The highest BCUT2D eigenvalue weighted by atomic mass is 16.7. The van der Waals surface area contributed by atoms with Crippen LogP contribution in [-0.4, -0.2) is 89.0 Å². The summed E-state index contributed by atoms with van der Waals surface area (Å²) in [5, 5.41) is 39.3. The highest BCUT2D eigenvalue weighted by molar-refractivity contribution is 5.70. The fourth-order valence-electron chi connectivity index (χ4n) is 3.93. The normalized spacial score (nSPS) is 24.9. The molecule has 0 aromatic carbocycles. The van der Waals surface area contributed by atoms with Crippen LogP contribution in [0.15, 0.2) is 0 Å². The second-order valence-corrected chi connectivity index (χ2v) is 9.51. The fraction of sp³-hybridized carbons (Fsp3) is 0.923. The predicted molar refractivity (Wildman–Crippen MR) is 132 cm³/mol. The van der Waals surface area contributed by atoms with E-state index in [1.807, 2.05) is 6.92 Å². The van der Waals surface area contributed by atoms with Crippen LogP contribution >= 0.6 is 0 Å². The Kier molecular flexibility index (Phi) is 18.0. The predicted octanol–water partition coefficient (Wildman–Crippen LogP) is 2.37. The lowest BCUT2D eigenvalue weighted by molar-refractivity contribution is -0.305. The number of carbonyl (C=O) groups excluding carboxylic acids is 2.